The van der Waals surface area contributed by atoms with E-state index in [4.69, 9.17) is 15.3 Å². The normalized spacial score (nSPS) is 17.1. The van der Waals surface area contributed by atoms with Crippen LogP contribution in [-0.4, -0.2) is 46.4 Å². The smallest absolute Gasteiger partial charge is 0.0688 e. The fourth-order valence-corrected chi connectivity index (χ4v) is 1.26. The third-order valence-electron chi connectivity index (χ3n) is 2.76. The van der Waals surface area contributed by atoms with Gasteiger partial charge in [-0.1, -0.05) is 20.3 Å². The van der Waals surface area contributed by atoms with Gasteiger partial charge in [-0.2, -0.15) is 0 Å². The molecule has 0 amide bonds. The van der Waals surface area contributed by atoms with Crippen LogP contribution in [0.1, 0.15) is 20.3 Å². The summed E-state index contributed by atoms with van der Waals surface area (Å²) in [6.45, 7) is 2.49. The van der Waals surface area contributed by atoms with Gasteiger partial charge in [0.15, 0.2) is 0 Å². The van der Waals surface area contributed by atoms with Gasteiger partial charge in [0, 0.05) is 0 Å². The van der Waals surface area contributed by atoms with Gasteiger partial charge in [0.2, 0.25) is 0 Å². The van der Waals surface area contributed by atoms with Crippen molar-refractivity contribution >= 4 is 0 Å². The topological polar surface area (TPSA) is 80.9 Å². The second-order valence-electron chi connectivity index (χ2n) is 3.67. The molecule has 0 bridgehead atoms. The Morgan fingerprint density at radius 1 is 1.08 bits per heavy atom. The van der Waals surface area contributed by atoms with Crippen molar-refractivity contribution in [1.29, 1.82) is 0 Å². The lowest BCUT2D eigenvalue weighted by Gasteiger charge is -2.35. The van der Waals surface area contributed by atoms with E-state index in [1.54, 1.807) is 0 Å². The molecule has 0 aliphatic rings. The van der Waals surface area contributed by atoms with E-state index in [1.165, 1.54) is 0 Å². The molecule has 0 fully saturated rings. The van der Waals surface area contributed by atoms with Crippen molar-refractivity contribution in [3.05, 3.63) is 0 Å². The van der Waals surface area contributed by atoms with Crippen molar-refractivity contribution < 1.29 is 20.4 Å². The van der Waals surface area contributed by atoms with E-state index >= 15 is 0 Å². The lowest BCUT2D eigenvalue weighted by atomic mass is 9.78. The molecule has 13 heavy (non-hydrogen) atoms. The summed E-state index contributed by atoms with van der Waals surface area (Å²) in [5.41, 5.74) is -1.17. The van der Waals surface area contributed by atoms with Gasteiger partial charge in [0.1, 0.15) is 0 Å². The lowest BCUT2D eigenvalue weighted by molar-refractivity contribution is -0.103. The summed E-state index contributed by atoms with van der Waals surface area (Å²) in [6, 6.07) is 0. The van der Waals surface area contributed by atoms with Crippen LogP contribution in [0.25, 0.3) is 0 Å². The Balaban J connectivity index is 4.52. The van der Waals surface area contributed by atoms with Crippen LogP contribution in [0.2, 0.25) is 0 Å². The average molecular weight is 192 g/mol. The third kappa shape index (κ3) is 2.64. The molecule has 2 unspecified atom stereocenters. The first-order valence-corrected chi connectivity index (χ1v) is 4.58. The van der Waals surface area contributed by atoms with E-state index in [2.05, 4.69) is 0 Å². The Kier molecular flexibility index (Phi) is 5.48. The fraction of sp³-hybridized carbons (Fsp3) is 1.00. The summed E-state index contributed by atoms with van der Waals surface area (Å²) >= 11 is 0. The van der Waals surface area contributed by atoms with Crippen LogP contribution >= 0.6 is 0 Å². The molecule has 4 N–H and O–H groups in total. The van der Waals surface area contributed by atoms with E-state index < -0.39 is 31.3 Å². The summed E-state index contributed by atoms with van der Waals surface area (Å²) < 4.78 is 0. The zero-order chi connectivity index (χ0) is 10.5. The Bertz CT molecular complexity index is 125. The minimum Gasteiger partial charge on any atom is -0.396 e. The minimum absolute atomic E-state index is 0.0496. The minimum atomic E-state index is -1.17. The Morgan fingerprint density at radius 3 is 1.69 bits per heavy atom. The molecule has 0 aromatic heterocycles. The first-order chi connectivity index (χ1) is 6.07. The van der Waals surface area contributed by atoms with E-state index in [0.717, 1.165) is 6.42 Å². The molecule has 0 aliphatic heterocycles. The largest absolute Gasteiger partial charge is 0.396 e. The highest BCUT2D eigenvalue weighted by atomic mass is 16.3. The van der Waals surface area contributed by atoms with Crippen molar-refractivity contribution in [2.24, 2.45) is 11.3 Å². The zero-order valence-corrected chi connectivity index (χ0v) is 8.27. The SMILES string of the molecule is CCC(C)C(O)C(CO)(CO)CO. The Morgan fingerprint density at radius 2 is 1.46 bits per heavy atom. The van der Waals surface area contributed by atoms with Gasteiger partial charge in [-0.15, -0.1) is 0 Å². The summed E-state index contributed by atoms with van der Waals surface area (Å²) in [7, 11) is 0. The molecule has 0 heterocycles. The summed E-state index contributed by atoms with van der Waals surface area (Å²) in [5.74, 6) is -0.0496. The number of aliphatic hydroxyl groups excluding tert-OH is 4. The van der Waals surface area contributed by atoms with Crippen LogP contribution in [0, 0.1) is 11.3 Å². The molecule has 0 saturated heterocycles. The second kappa shape index (κ2) is 5.54. The predicted octanol–water partition coefficient (Wildman–Crippen LogP) is -0.643. The highest BCUT2D eigenvalue weighted by Gasteiger charge is 2.38. The van der Waals surface area contributed by atoms with Gasteiger partial charge in [-0.25, -0.2) is 0 Å². The molecule has 0 saturated carbocycles. The summed E-state index contributed by atoms with van der Waals surface area (Å²) in [5, 5.41) is 36.8. The number of rotatable bonds is 6. The molecule has 2 atom stereocenters. The maximum atomic E-state index is 9.75. The van der Waals surface area contributed by atoms with E-state index in [1.807, 2.05) is 13.8 Å². The van der Waals surface area contributed by atoms with Crippen LogP contribution in [-0.2, 0) is 0 Å². The van der Waals surface area contributed by atoms with Gasteiger partial charge in [0.05, 0.1) is 31.3 Å². The van der Waals surface area contributed by atoms with Crippen LogP contribution in [0.3, 0.4) is 0 Å². The number of hydrogen-bond acceptors (Lipinski definition) is 4. The highest BCUT2D eigenvalue weighted by Crippen LogP contribution is 2.27. The van der Waals surface area contributed by atoms with Crippen LogP contribution in [0.4, 0.5) is 0 Å². The maximum absolute atomic E-state index is 9.75. The van der Waals surface area contributed by atoms with Crippen LogP contribution in [0.5, 0.6) is 0 Å². The van der Waals surface area contributed by atoms with Crippen LogP contribution in [0.15, 0.2) is 0 Å². The van der Waals surface area contributed by atoms with Gasteiger partial charge in [-0.3, -0.25) is 0 Å². The van der Waals surface area contributed by atoms with Gasteiger partial charge in [0.25, 0.3) is 0 Å². The fourth-order valence-electron chi connectivity index (χ4n) is 1.26. The van der Waals surface area contributed by atoms with Crippen molar-refractivity contribution in [2.75, 3.05) is 19.8 Å². The van der Waals surface area contributed by atoms with E-state index in [-0.39, 0.29) is 5.92 Å². The van der Waals surface area contributed by atoms with Crippen molar-refractivity contribution in [2.45, 2.75) is 26.4 Å². The molecular weight excluding hydrogens is 172 g/mol. The molecule has 0 radical (unpaired) electrons. The van der Waals surface area contributed by atoms with Crippen molar-refractivity contribution in [3.63, 3.8) is 0 Å². The van der Waals surface area contributed by atoms with E-state index in [0.29, 0.717) is 0 Å². The highest BCUT2D eigenvalue weighted by molar-refractivity contribution is 4.87. The van der Waals surface area contributed by atoms with Gasteiger partial charge >= 0.3 is 0 Å². The molecule has 0 aromatic carbocycles. The summed E-state index contributed by atoms with van der Waals surface area (Å²) in [6.07, 6.45) is -0.138. The van der Waals surface area contributed by atoms with Crippen molar-refractivity contribution in [1.82, 2.24) is 0 Å². The zero-order valence-electron chi connectivity index (χ0n) is 8.27. The summed E-state index contributed by atoms with van der Waals surface area (Å²) in [4.78, 5) is 0. The molecule has 0 aromatic rings. The van der Waals surface area contributed by atoms with Gasteiger partial charge in [-0.05, 0) is 5.92 Å². The van der Waals surface area contributed by atoms with Crippen molar-refractivity contribution in [3.8, 4) is 0 Å². The molecule has 0 rings (SSSR count). The number of aliphatic hydroxyl groups is 4. The Hall–Kier alpha value is -0.160. The Labute approximate surface area is 78.8 Å². The van der Waals surface area contributed by atoms with Crippen LogP contribution < -0.4 is 0 Å². The molecule has 4 nitrogen and oxygen atoms in total. The van der Waals surface area contributed by atoms with E-state index in [9.17, 15) is 5.11 Å². The lowest BCUT2D eigenvalue weighted by Crippen LogP contribution is -2.48. The average Bonchev–Trinajstić information content (AvgIpc) is 2.20. The monoisotopic (exact) mass is 192 g/mol. The molecular formula is C9H20O4. The first-order valence-electron chi connectivity index (χ1n) is 4.58. The second-order valence-corrected chi connectivity index (χ2v) is 3.67. The third-order valence-corrected chi connectivity index (χ3v) is 2.76. The standard InChI is InChI=1S/C9H20O4/c1-3-7(2)8(13)9(4-10,5-11)6-12/h7-8,10-13H,3-6H2,1-2H3. The van der Waals surface area contributed by atoms with Gasteiger partial charge < -0.3 is 20.4 Å². The predicted molar refractivity (Wildman–Crippen MR) is 49.2 cm³/mol. The number of hydrogen-bond donors (Lipinski definition) is 4. The first kappa shape index (κ1) is 12.8. The molecule has 0 spiro atoms. The molecule has 4 heteroatoms. The molecule has 0 aliphatic carbocycles. The molecule has 80 valence electrons. The quantitative estimate of drug-likeness (QED) is 0.451. The maximum Gasteiger partial charge on any atom is 0.0688 e.